The summed E-state index contributed by atoms with van der Waals surface area (Å²) >= 11 is 0. The molecule has 7 heteroatoms. The van der Waals surface area contributed by atoms with Gasteiger partial charge in [-0.15, -0.1) is 0 Å². The molecule has 0 saturated carbocycles. The van der Waals surface area contributed by atoms with Gasteiger partial charge in [0.05, 0.1) is 24.0 Å². The first kappa shape index (κ1) is 12.2. The zero-order valence-electron chi connectivity index (χ0n) is 7.92. The molecule has 0 spiro atoms. The topological polar surface area (TPSA) is 48.7 Å². The Balaban J connectivity index is 2.72. The maximum absolute atomic E-state index is 12.6. The molecular weight excluding hydrogens is 226 g/mol. The van der Waals surface area contributed by atoms with Gasteiger partial charge in [0.1, 0.15) is 6.07 Å². The van der Waals surface area contributed by atoms with Crippen LogP contribution in [0.5, 0.6) is 0 Å². The van der Waals surface area contributed by atoms with Crippen LogP contribution in [0.1, 0.15) is 5.56 Å². The Kier molecular flexibility index (Phi) is 3.66. The summed E-state index contributed by atoms with van der Waals surface area (Å²) in [4.78, 5) is 3.59. The number of rotatable bonds is 4. The second-order valence-electron chi connectivity index (χ2n) is 2.95. The number of aromatic nitrogens is 1. The molecule has 0 aliphatic carbocycles. The smallest absolute Gasteiger partial charge is 0.324 e. The van der Waals surface area contributed by atoms with Gasteiger partial charge in [-0.2, -0.15) is 14.0 Å². The molecule has 1 aromatic rings. The van der Waals surface area contributed by atoms with Gasteiger partial charge < -0.3 is 5.32 Å². The Morgan fingerprint density at radius 3 is 2.75 bits per heavy atom. The molecule has 1 rings (SSSR count). The maximum Gasteiger partial charge on any atom is 0.324 e. The SMILES string of the molecule is N#Cc1ccncc1NCC(F)(F)C(F)F. The number of pyridine rings is 1. The minimum absolute atomic E-state index is 0.00493. The van der Waals surface area contributed by atoms with E-state index in [9.17, 15) is 17.6 Å². The summed E-state index contributed by atoms with van der Waals surface area (Å²) in [6.07, 6.45) is -1.32. The standard InChI is InChI=1S/C9H7F4N3/c10-8(11)9(12,13)5-16-7-4-15-2-1-6(7)3-14/h1-2,4,8,16H,5H2. The van der Waals surface area contributed by atoms with E-state index in [1.165, 1.54) is 12.3 Å². The number of hydrogen-bond acceptors (Lipinski definition) is 3. The molecule has 0 atom stereocenters. The van der Waals surface area contributed by atoms with E-state index in [0.717, 1.165) is 6.20 Å². The zero-order valence-corrected chi connectivity index (χ0v) is 7.92. The second-order valence-corrected chi connectivity index (χ2v) is 2.95. The average Bonchev–Trinajstić information content (AvgIpc) is 2.26. The molecule has 1 N–H and O–H groups in total. The van der Waals surface area contributed by atoms with Gasteiger partial charge in [0.15, 0.2) is 0 Å². The van der Waals surface area contributed by atoms with Crippen LogP contribution < -0.4 is 5.32 Å². The summed E-state index contributed by atoms with van der Waals surface area (Å²) in [5.74, 6) is -4.14. The zero-order chi connectivity index (χ0) is 12.2. The van der Waals surface area contributed by atoms with Crippen molar-refractivity contribution in [1.29, 1.82) is 5.26 Å². The van der Waals surface area contributed by atoms with E-state index in [0.29, 0.717) is 0 Å². The van der Waals surface area contributed by atoms with E-state index >= 15 is 0 Å². The molecule has 0 amide bonds. The minimum atomic E-state index is -4.14. The third-order valence-corrected chi connectivity index (χ3v) is 1.78. The highest BCUT2D eigenvalue weighted by molar-refractivity contribution is 5.55. The van der Waals surface area contributed by atoms with E-state index in [1.807, 2.05) is 0 Å². The molecule has 0 aliphatic heterocycles. The molecular formula is C9H7F4N3. The highest BCUT2D eigenvalue weighted by Crippen LogP contribution is 2.23. The lowest BCUT2D eigenvalue weighted by Gasteiger charge is -2.16. The van der Waals surface area contributed by atoms with Crippen molar-refractivity contribution in [3.05, 3.63) is 24.0 Å². The van der Waals surface area contributed by atoms with Crippen molar-refractivity contribution in [2.45, 2.75) is 12.3 Å². The lowest BCUT2D eigenvalue weighted by Crippen LogP contribution is -2.35. The van der Waals surface area contributed by atoms with E-state index < -0.39 is 18.9 Å². The van der Waals surface area contributed by atoms with Crippen LogP contribution >= 0.6 is 0 Å². The Labute approximate surface area is 88.7 Å². The third-order valence-electron chi connectivity index (χ3n) is 1.78. The molecule has 86 valence electrons. The van der Waals surface area contributed by atoms with Gasteiger partial charge in [0.25, 0.3) is 0 Å². The summed E-state index contributed by atoms with van der Waals surface area (Å²) in [6.45, 7) is -1.25. The molecule has 0 saturated heterocycles. The average molecular weight is 233 g/mol. The fraction of sp³-hybridized carbons (Fsp3) is 0.333. The minimum Gasteiger partial charge on any atom is -0.376 e. The summed E-state index contributed by atoms with van der Waals surface area (Å²) in [6, 6.07) is 3.02. The summed E-state index contributed by atoms with van der Waals surface area (Å²) in [5.41, 5.74) is 0.0744. The largest absolute Gasteiger partial charge is 0.376 e. The van der Waals surface area contributed by atoms with Crippen LogP contribution in [0.25, 0.3) is 0 Å². The first-order valence-electron chi connectivity index (χ1n) is 4.21. The number of hydrogen-bond donors (Lipinski definition) is 1. The van der Waals surface area contributed by atoms with E-state index in [1.54, 1.807) is 6.07 Å². The van der Waals surface area contributed by atoms with E-state index in [2.05, 4.69) is 10.3 Å². The van der Waals surface area contributed by atoms with Crippen LogP contribution in [0.3, 0.4) is 0 Å². The Bertz CT molecular complexity index is 400. The highest BCUT2D eigenvalue weighted by Gasteiger charge is 2.40. The van der Waals surface area contributed by atoms with Gasteiger partial charge in [0, 0.05) is 6.20 Å². The summed E-state index contributed by atoms with van der Waals surface area (Å²) < 4.78 is 48.8. The molecule has 3 nitrogen and oxygen atoms in total. The first-order chi connectivity index (χ1) is 7.47. The fourth-order valence-corrected chi connectivity index (χ4v) is 0.923. The van der Waals surface area contributed by atoms with Crippen molar-refractivity contribution in [2.24, 2.45) is 0 Å². The van der Waals surface area contributed by atoms with Crippen LogP contribution in [-0.4, -0.2) is 23.9 Å². The van der Waals surface area contributed by atoms with E-state index in [4.69, 9.17) is 5.26 Å². The Morgan fingerprint density at radius 1 is 1.50 bits per heavy atom. The van der Waals surface area contributed by atoms with Crippen molar-refractivity contribution >= 4 is 5.69 Å². The molecule has 0 fully saturated rings. The van der Waals surface area contributed by atoms with Crippen molar-refractivity contribution in [3.8, 4) is 6.07 Å². The van der Waals surface area contributed by atoms with Crippen LogP contribution in [0.15, 0.2) is 18.5 Å². The maximum atomic E-state index is 12.6. The van der Waals surface area contributed by atoms with Crippen LogP contribution in [0.4, 0.5) is 23.2 Å². The molecule has 0 bridgehead atoms. The molecule has 0 aromatic carbocycles. The molecule has 1 aromatic heterocycles. The molecule has 1 heterocycles. The van der Waals surface area contributed by atoms with Crippen molar-refractivity contribution in [2.75, 3.05) is 11.9 Å². The molecule has 16 heavy (non-hydrogen) atoms. The van der Waals surface area contributed by atoms with Crippen molar-refractivity contribution in [1.82, 2.24) is 4.98 Å². The monoisotopic (exact) mass is 233 g/mol. The lowest BCUT2D eigenvalue weighted by atomic mass is 10.2. The quantitative estimate of drug-likeness (QED) is 0.811. The number of nitrogens with zero attached hydrogens (tertiary/aromatic N) is 2. The van der Waals surface area contributed by atoms with Crippen LogP contribution in [0, 0.1) is 11.3 Å². The van der Waals surface area contributed by atoms with Gasteiger partial charge in [0.2, 0.25) is 0 Å². The predicted octanol–water partition coefficient (Wildman–Crippen LogP) is 2.27. The molecule has 0 aliphatic rings. The number of nitriles is 1. The number of halogens is 4. The van der Waals surface area contributed by atoms with Gasteiger partial charge >= 0.3 is 12.3 Å². The lowest BCUT2D eigenvalue weighted by molar-refractivity contribution is -0.117. The van der Waals surface area contributed by atoms with Crippen molar-refractivity contribution in [3.63, 3.8) is 0 Å². The second kappa shape index (κ2) is 4.79. The third kappa shape index (κ3) is 2.82. The number of alkyl halides is 4. The van der Waals surface area contributed by atoms with Gasteiger partial charge in [-0.05, 0) is 6.07 Å². The van der Waals surface area contributed by atoms with Crippen LogP contribution in [0.2, 0.25) is 0 Å². The van der Waals surface area contributed by atoms with Crippen molar-refractivity contribution < 1.29 is 17.6 Å². The number of anilines is 1. The Morgan fingerprint density at radius 2 is 2.19 bits per heavy atom. The fourth-order valence-electron chi connectivity index (χ4n) is 0.923. The first-order valence-corrected chi connectivity index (χ1v) is 4.21. The van der Waals surface area contributed by atoms with Gasteiger partial charge in [-0.25, -0.2) is 8.78 Å². The number of nitrogens with one attached hydrogen (secondary N) is 1. The normalized spacial score (nSPS) is 11.2. The van der Waals surface area contributed by atoms with E-state index in [-0.39, 0.29) is 11.3 Å². The molecule has 0 unspecified atom stereocenters. The predicted molar refractivity (Wildman–Crippen MR) is 48.4 cm³/mol. The van der Waals surface area contributed by atoms with Crippen LogP contribution in [-0.2, 0) is 0 Å². The highest BCUT2D eigenvalue weighted by atomic mass is 19.3. The summed E-state index contributed by atoms with van der Waals surface area (Å²) in [5, 5.41) is 10.7. The summed E-state index contributed by atoms with van der Waals surface area (Å²) in [7, 11) is 0. The Hall–Kier alpha value is -1.84. The van der Waals surface area contributed by atoms with Gasteiger partial charge in [-0.1, -0.05) is 0 Å². The van der Waals surface area contributed by atoms with Gasteiger partial charge in [-0.3, -0.25) is 4.98 Å². The molecule has 0 radical (unpaired) electrons.